The van der Waals surface area contributed by atoms with Gasteiger partial charge in [-0.25, -0.2) is 0 Å². The minimum atomic E-state index is -0.897. The van der Waals surface area contributed by atoms with Gasteiger partial charge in [-0.05, 0) is 36.8 Å². The van der Waals surface area contributed by atoms with E-state index in [0.29, 0.717) is 5.56 Å². The number of carboxylic acids is 1. The van der Waals surface area contributed by atoms with E-state index < -0.39 is 11.9 Å². The second kappa shape index (κ2) is 5.40. The van der Waals surface area contributed by atoms with Crippen molar-refractivity contribution in [1.82, 2.24) is 0 Å². The van der Waals surface area contributed by atoms with Crippen molar-refractivity contribution in [3.8, 4) is 5.75 Å². The first-order chi connectivity index (χ1) is 8.69. The van der Waals surface area contributed by atoms with E-state index in [1.54, 1.807) is 7.11 Å². The van der Waals surface area contributed by atoms with Crippen LogP contribution in [0.15, 0.2) is 12.1 Å². The third-order valence-corrected chi connectivity index (χ3v) is 3.62. The molecule has 0 bridgehead atoms. The maximum atomic E-state index is 11.2. The zero-order valence-corrected chi connectivity index (χ0v) is 10.6. The zero-order valence-electron chi connectivity index (χ0n) is 10.6. The smallest absolute Gasteiger partial charge is 0.312 e. The van der Waals surface area contributed by atoms with Crippen molar-refractivity contribution in [2.75, 3.05) is 13.7 Å². The standard InChI is InChI=1S/C14H19NO3/c1-18-13-10-5-3-2-4-9(10)6-7-11(13)12(8-15)14(16)17/h6-7,12H,2-5,8,15H2,1H3,(H,16,17). The van der Waals surface area contributed by atoms with E-state index in [-0.39, 0.29) is 6.54 Å². The number of methoxy groups -OCH3 is 1. The number of carbonyl (C=O) groups is 1. The molecule has 4 nitrogen and oxygen atoms in total. The lowest BCUT2D eigenvalue weighted by Gasteiger charge is -2.23. The van der Waals surface area contributed by atoms with Gasteiger partial charge in [0.15, 0.2) is 0 Å². The quantitative estimate of drug-likeness (QED) is 0.852. The van der Waals surface area contributed by atoms with Crippen molar-refractivity contribution >= 4 is 5.97 Å². The first kappa shape index (κ1) is 12.9. The lowest BCUT2D eigenvalue weighted by molar-refractivity contribution is -0.138. The summed E-state index contributed by atoms with van der Waals surface area (Å²) >= 11 is 0. The summed E-state index contributed by atoms with van der Waals surface area (Å²) in [6.07, 6.45) is 4.33. The highest BCUT2D eigenvalue weighted by Crippen LogP contribution is 2.36. The lowest BCUT2D eigenvalue weighted by Crippen LogP contribution is -2.22. The van der Waals surface area contributed by atoms with Crippen molar-refractivity contribution in [2.45, 2.75) is 31.6 Å². The minimum absolute atomic E-state index is 0.0878. The fourth-order valence-electron chi connectivity index (χ4n) is 2.69. The molecular weight excluding hydrogens is 230 g/mol. The van der Waals surface area contributed by atoms with Gasteiger partial charge in [-0.3, -0.25) is 4.79 Å². The molecule has 18 heavy (non-hydrogen) atoms. The van der Waals surface area contributed by atoms with E-state index >= 15 is 0 Å². The molecule has 4 heteroatoms. The number of rotatable bonds is 4. The molecule has 0 spiro atoms. The Kier molecular flexibility index (Phi) is 3.87. The summed E-state index contributed by atoms with van der Waals surface area (Å²) in [5, 5.41) is 9.22. The molecule has 0 saturated heterocycles. The van der Waals surface area contributed by atoms with Gasteiger partial charge in [-0.15, -0.1) is 0 Å². The van der Waals surface area contributed by atoms with Crippen molar-refractivity contribution in [3.05, 3.63) is 28.8 Å². The molecule has 1 aliphatic rings. The van der Waals surface area contributed by atoms with Crippen LogP contribution in [0.4, 0.5) is 0 Å². The van der Waals surface area contributed by atoms with E-state index in [4.69, 9.17) is 10.5 Å². The molecule has 2 rings (SSSR count). The molecule has 1 atom stereocenters. The van der Waals surface area contributed by atoms with Crippen molar-refractivity contribution < 1.29 is 14.6 Å². The molecule has 1 unspecified atom stereocenters. The molecule has 0 amide bonds. The SMILES string of the molecule is COc1c(C(CN)C(=O)O)ccc2c1CCCC2. The molecular formula is C14H19NO3. The van der Waals surface area contributed by atoms with Crippen LogP contribution < -0.4 is 10.5 Å². The van der Waals surface area contributed by atoms with E-state index in [1.165, 1.54) is 17.5 Å². The van der Waals surface area contributed by atoms with Gasteiger partial charge >= 0.3 is 5.97 Å². The highest BCUT2D eigenvalue weighted by atomic mass is 16.5. The van der Waals surface area contributed by atoms with Crippen LogP contribution >= 0.6 is 0 Å². The summed E-state index contributed by atoms with van der Waals surface area (Å²) in [4.78, 5) is 11.2. The molecule has 0 radical (unpaired) electrons. The zero-order chi connectivity index (χ0) is 13.1. The summed E-state index contributed by atoms with van der Waals surface area (Å²) in [5.41, 5.74) is 8.72. The number of aryl methyl sites for hydroxylation is 1. The van der Waals surface area contributed by atoms with Crippen LogP contribution in [0.1, 0.15) is 35.4 Å². The number of ether oxygens (including phenoxy) is 1. The van der Waals surface area contributed by atoms with E-state index in [0.717, 1.165) is 25.0 Å². The summed E-state index contributed by atoms with van der Waals surface area (Å²) in [6, 6.07) is 3.88. The van der Waals surface area contributed by atoms with E-state index in [2.05, 4.69) is 0 Å². The molecule has 1 aromatic carbocycles. The summed E-state index contributed by atoms with van der Waals surface area (Å²) in [6.45, 7) is 0.0878. The molecule has 0 saturated carbocycles. The molecule has 98 valence electrons. The van der Waals surface area contributed by atoms with Crippen LogP contribution in [0.25, 0.3) is 0 Å². The van der Waals surface area contributed by atoms with Gasteiger partial charge in [0, 0.05) is 12.1 Å². The number of fused-ring (bicyclic) bond motifs is 1. The molecule has 1 aromatic rings. The Morgan fingerprint density at radius 2 is 2.17 bits per heavy atom. The Labute approximate surface area is 107 Å². The molecule has 1 aliphatic carbocycles. The topological polar surface area (TPSA) is 72.5 Å². The molecule has 0 heterocycles. The maximum Gasteiger partial charge on any atom is 0.312 e. The Hall–Kier alpha value is -1.55. The average Bonchev–Trinajstić information content (AvgIpc) is 2.38. The van der Waals surface area contributed by atoms with Crippen molar-refractivity contribution in [1.29, 1.82) is 0 Å². The Morgan fingerprint density at radius 1 is 1.44 bits per heavy atom. The summed E-state index contributed by atoms with van der Waals surface area (Å²) < 4.78 is 5.46. The number of benzene rings is 1. The van der Waals surface area contributed by atoms with Crippen LogP contribution in [0, 0.1) is 0 Å². The normalized spacial score (nSPS) is 15.9. The fraction of sp³-hybridized carbons (Fsp3) is 0.500. The van der Waals surface area contributed by atoms with Crippen LogP contribution in [0.2, 0.25) is 0 Å². The highest BCUT2D eigenvalue weighted by Gasteiger charge is 2.25. The second-order valence-electron chi connectivity index (χ2n) is 4.66. The number of hydrogen-bond donors (Lipinski definition) is 2. The molecule has 0 aliphatic heterocycles. The van der Waals surface area contributed by atoms with Crippen molar-refractivity contribution in [3.63, 3.8) is 0 Å². The largest absolute Gasteiger partial charge is 0.496 e. The third-order valence-electron chi connectivity index (χ3n) is 3.62. The Balaban J connectivity index is 2.51. The van der Waals surface area contributed by atoms with Gasteiger partial charge in [0.05, 0.1) is 13.0 Å². The monoisotopic (exact) mass is 249 g/mol. The van der Waals surface area contributed by atoms with Crippen molar-refractivity contribution in [2.24, 2.45) is 5.73 Å². The average molecular weight is 249 g/mol. The van der Waals surface area contributed by atoms with Crippen LogP contribution in [0.3, 0.4) is 0 Å². The summed E-state index contributed by atoms with van der Waals surface area (Å²) in [7, 11) is 1.60. The van der Waals surface area contributed by atoms with Gasteiger partial charge in [0.2, 0.25) is 0 Å². The fourth-order valence-corrected chi connectivity index (χ4v) is 2.69. The van der Waals surface area contributed by atoms with Gasteiger partial charge in [-0.1, -0.05) is 12.1 Å². The van der Waals surface area contributed by atoms with Crippen LogP contribution in [-0.2, 0) is 17.6 Å². The second-order valence-corrected chi connectivity index (χ2v) is 4.66. The van der Waals surface area contributed by atoms with Gasteiger partial charge in [-0.2, -0.15) is 0 Å². The molecule has 3 N–H and O–H groups in total. The van der Waals surface area contributed by atoms with Crippen LogP contribution in [0.5, 0.6) is 5.75 Å². The molecule has 0 fully saturated rings. The van der Waals surface area contributed by atoms with Gasteiger partial charge in [0.25, 0.3) is 0 Å². The Morgan fingerprint density at radius 3 is 2.78 bits per heavy atom. The number of carboxylic acid groups (broad SMARTS) is 1. The molecule has 0 aromatic heterocycles. The maximum absolute atomic E-state index is 11.2. The number of nitrogens with two attached hydrogens (primary N) is 1. The first-order valence-electron chi connectivity index (χ1n) is 6.30. The minimum Gasteiger partial charge on any atom is -0.496 e. The van der Waals surface area contributed by atoms with E-state index in [9.17, 15) is 9.90 Å². The highest BCUT2D eigenvalue weighted by molar-refractivity contribution is 5.78. The Bertz CT molecular complexity index is 457. The number of hydrogen-bond acceptors (Lipinski definition) is 3. The van der Waals surface area contributed by atoms with Crippen LogP contribution in [-0.4, -0.2) is 24.7 Å². The predicted molar refractivity (Wildman–Crippen MR) is 69.1 cm³/mol. The summed E-state index contributed by atoms with van der Waals surface area (Å²) in [5.74, 6) is -0.858. The van der Waals surface area contributed by atoms with Gasteiger partial charge < -0.3 is 15.6 Å². The van der Waals surface area contributed by atoms with E-state index in [1.807, 2.05) is 12.1 Å². The first-order valence-corrected chi connectivity index (χ1v) is 6.30. The lowest BCUT2D eigenvalue weighted by atomic mass is 9.86. The van der Waals surface area contributed by atoms with Gasteiger partial charge in [0.1, 0.15) is 5.75 Å². The predicted octanol–water partition coefficient (Wildman–Crippen LogP) is 1.70. The number of aliphatic carboxylic acids is 1. The third kappa shape index (κ3) is 2.20.